The standard InChI is InChI=1S/C13H16N4O/c14-8-11-12(6-3-7-16-11)17(9-13(15)18)10-4-1-2-5-10/h3,6-7,10H,1-2,4-5,9H2,(H2,15,18). The van der Waals surface area contributed by atoms with Crippen molar-refractivity contribution < 1.29 is 4.79 Å². The van der Waals surface area contributed by atoms with Crippen molar-refractivity contribution in [3.63, 3.8) is 0 Å². The molecule has 1 aromatic heterocycles. The number of amides is 1. The topological polar surface area (TPSA) is 83.0 Å². The summed E-state index contributed by atoms with van der Waals surface area (Å²) in [5, 5.41) is 9.09. The van der Waals surface area contributed by atoms with Crippen LogP contribution in [0, 0.1) is 11.3 Å². The summed E-state index contributed by atoms with van der Waals surface area (Å²) in [6, 6.07) is 5.96. The molecule has 0 radical (unpaired) electrons. The average Bonchev–Trinajstić information content (AvgIpc) is 2.89. The lowest BCUT2D eigenvalue weighted by Gasteiger charge is -2.30. The van der Waals surface area contributed by atoms with Crippen molar-refractivity contribution in [2.24, 2.45) is 5.73 Å². The number of hydrogen-bond donors (Lipinski definition) is 1. The number of primary amides is 1. The van der Waals surface area contributed by atoms with E-state index < -0.39 is 0 Å². The Hall–Kier alpha value is -2.09. The Kier molecular flexibility index (Phi) is 3.78. The van der Waals surface area contributed by atoms with Crippen molar-refractivity contribution in [3.8, 4) is 6.07 Å². The second-order valence-electron chi connectivity index (χ2n) is 4.52. The van der Waals surface area contributed by atoms with E-state index in [0.717, 1.165) is 25.7 Å². The highest BCUT2D eigenvalue weighted by atomic mass is 16.1. The third kappa shape index (κ3) is 2.59. The largest absolute Gasteiger partial charge is 0.368 e. The van der Waals surface area contributed by atoms with Gasteiger partial charge in [0.1, 0.15) is 6.07 Å². The summed E-state index contributed by atoms with van der Waals surface area (Å²) in [5.74, 6) is -0.380. The van der Waals surface area contributed by atoms with Crippen molar-refractivity contribution >= 4 is 11.6 Å². The van der Waals surface area contributed by atoms with Gasteiger partial charge in [0, 0.05) is 12.2 Å². The second-order valence-corrected chi connectivity index (χ2v) is 4.52. The molecule has 1 aliphatic carbocycles. The highest BCUT2D eigenvalue weighted by Gasteiger charge is 2.25. The molecule has 1 aliphatic rings. The molecule has 2 N–H and O–H groups in total. The van der Waals surface area contributed by atoms with Gasteiger partial charge in [-0.2, -0.15) is 5.26 Å². The molecular formula is C13H16N4O. The maximum Gasteiger partial charge on any atom is 0.236 e. The van der Waals surface area contributed by atoms with Crippen LogP contribution in [0.3, 0.4) is 0 Å². The van der Waals surface area contributed by atoms with E-state index in [-0.39, 0.29) is 18.5 Å². The van der Waals surface area contributed by atoms with E-state index >= 15 is 0 Å². The number of carbonyl (C=O) groups excluding carboxylic acids is 1. The van der Waals surface area contributed by atoms with Gasteiger partial charge in [-0.25, -0.2) is 4.98 Å². The lowest BCUT2D eigenvalue weighted by Crippen LogP contribution is -2.40. The summed E-state index contributed by atoms with van der Waals surface area (Å²) < 4.78 is 0. The van der Waals surface area contributed by atoms with Gasteiger partial charge in [0.2, 0.25) is 5.91 Å². The molecule has 0 spiro atoms. The quantitative estimate of drug-likeness (QED) is 0.862. The molecule has 1 aromatic rings. The van der Waals surface area contributed by atoms with Gasteiger partial charge in [0.15, 0.2) is 5.69 Å². The maximum absolute atomic E-state index is 11.2. The summed E-state index contributed by atoms with van der Waals surface area (Å²) in [5.41, 5.74) is 6.37. The first-order valence-corrected chi connectivity index (χ1v) is 6.12. The average molecular weight is 244 g/mol. The number of carbonyl (C=O) groups is 1. The zero-order valence-electron chi connectivity index (χ0n) is 10.2. The molecule has 94 valence electrons. The van der Waals surface area contributed by atoms with E-state index in [1.165, 1.54) is 0 Å². The highest BCUT2D eigenvalue weighted by molar-refractivity contribution is 5.80. The second kappa shape index (κ2) is 5.50. The van der Waals surface area contributed by atoms with Crippen molar-refractivity contribution in [1.29, 1.82) is 5.26 Å². The summed E-state index contributed by atoms with van der Waals surface area (Å²) in [6.45, 7) is 0.144. The molecule has 0 aliphatic heterocycles. The SMILES string of the molecule is N#Cc1ncccc1N(CC(N)=O)C1CCCC1. The summed E-state index contributed by atoms with van der Waals surface area (Å²) >= 11 is 0. The first-order chi connectivity index (χ1) is 8.72. The molecule has 0 aromatic carbocycles. The van der Waals surface area contributed by atoms with Crippen LogP contribution in [0.1, 0.15) is 31.4 Å². The molecule has 5 heteroatoms. The molecule has 0 bridgehead atoms. The molecule has 18 heavy (non-hydrogen) atoms. The number of nitrogens with two attached hydrogens (primary N) is 1. The van der Waals surface area contributed by atoms with Gasteiger partial charge in [-0.1, -0.05) is 12.8 Å². The Morgan fingerprint density at radius 3 is 2.89 bits per heavy atom. The minimum absolute atomic E-state index is 0.144. The zero-order valence-corrected chi connectivity index (χ0v) is 10.2. The fraction of sp³-hybridized carbons (Fsp3) is 0.462. The van der Waals surface area contributed by atoms with E-state index in [1.807, 2.05) is 11.0 Å². The number of anilines is 1. The number of pyridine rings is 1. The normalized spacial score (nSPS) is 15.3. The lowest BCUT2D eigenvalue weighted by molar-refractivity contribution is -0.116. The van der Waals surface area contributed by atoms with E-state index in [4.69, 9.17) is 11.0 Å². The van der Waals surface area contributed by atoms with Gasteiger partial charge in [-0.05, 0) is 25.0 Å². The number of nitrogens with zero attached hydrogens (tertiary/aromatic N) is 3. The lowest BCUT2D eigenvalue weighted by atomic mass is 10.1. The molecule has 1 amide bonds. The minimum atomic E-state index is -0.380. The van der Waals surface area contributed by atoms with Gasteiger partial charge in [-0.15, -0.1) is 0 Å². The van der Waals surface area contributed by atoms with Crippen LogP contribution in [0.4, 0.5) is 5.69 Å². The van der Waals surface area contributed by atoms with Crippen molar-refractivity contribution in [2.45, 2.75) is 31.7 Å². The maximum atomic E-state index is 11.2. The first kappa shape index (κ1) is 12.4. The van der Waals surface area contributed by atoms with Crippen LogP contribution >= 0.6 is 0 Å². The van der Waals surface area contributed by atoms with Crippen molar-refractivity contribution in [1.82, 2.24) is 4.98 Å². The molecule has 5 nitrogen and oxygen atoms in total. The molecule has 0 unspecified atom stereocenters. The van der Waals surface area contributed by atoms with Crippen LogP contribution in [0.15, 0.2) is 18.3 Å². The third-order valence-corrected chi connectivity index (χ3v) is 3.29. The molecule has 0 atom stereocenters. The van der Waals surface area contributed by atoms with Gasteiger partial charge in [-0.3, -0.25) is 4.79 Å². The van der Waals surface area contributed by atoms with E-state index in [0.29, 0.717) is 11.4 Å². The van der Waals surface area contributed by atoms with Gasteiger partial charge < -0.3 is 10.6 Å². The molecular weight excluding hydrogens is 228 g/mol. The highest BCUT2D eigenvalue weighted by Crippen LogP contribution is 2.29. The van der Waals surface area contributed by atoms with E-state index in [1.54, 1.807) is 12.3 Å². The Morgan fingerprint density at radius 1 is 1.56 bits per heavy atom. The predicted molar refractivity (Wildman–Crippen MR) is 67.7 cm³/mol. The number of hydrogen-bond acceptors (Lipinski definition) is 4. The number of aromatic nitrogens is 1. The third-order valence-electron chi connectivity index (χ3n) is 3.29. The van der Waals surface area contributed by atoms with Crippen molar-refractivity contribution in [2.75, 3.05) is 11.4 Å². The molecule has 2 rings (SSSR count). The van der Waals surface area contributed by atoms with Crippen LogP contribution in [0.25, 0.3) is 0 Å². The van der Waals surface area contributed by atoms with Crippen LogP contribution in [-0.4, -0.2) is 23.5 Å². The molecule has 1 heterocycles. The number of rotatable bonds is 4. The van der Waals surface area contributed by atoms with E-state index in [9.17, 15) is 4.79 Å². The summed E-state index contributed by atoms with van der Waals surface area (Å²) in [7, 11) is 0. The Bertz CT molecular complexity index is 474. The van der Waals surface area contributed by atoms with Crippen molar-refractivity contribution in [3.05, 3.63) is 24.0 Å². The zero-order chi connectivity index (χ0) is 13.0. The van der Waals surface area contributed by atoms with Crippen LogP contribution in [0.5, 0.6) is 0 Å². The smallest absolute Gasteiger partial charge is 0.236 e. The number of nitriles is 1. The molecule has 1 fully saturated rings. The molecule has 1 saturated carbocycles. The first-order valence-electron chi connectivity index (χ1n) is 6.12. The van der Waals surface area contributed by atoms with Gasteiger partial charge >= 0.3 is 0 Å². The van der Waals surface area contributed by atoms with E-state index in [2.05, 4.69) is 11.1 Å². The van der Waals surface area contributed by atoms with Crippen LogP contribution in [0.2, 0.25) is 0 Å². The fourth-order valence-corrected chi connectivity index (χ4v) is 2.51. The van der Waals surface area contributed by atoms with Crippen LogP contribution < -0.4 is 10.6 Å². The Balaban J connectivity index is 2.32. The fourth-order valence-electron chi connectivity index (χ4n) is 2.51. The summed E-state index contributed by atoms with van der Waals surface area (Å²) in [6.07, 6.45) is 5.96. The minimum Gasteiger partial charge on any atom is -0.368 e. The Morgan fingerprint density at radius 2 is 2.28 bits per heavy atom. The van der Waals surface area contributed by atoms with Gasteiger partial charge in [0.25, 0.3) is 0 Å². The summed E-state index contributed by atoms with van der Waals surface area (Å²) in [4.78, 5) is 17.2. The Labute approximate surface area is 106 Å². The molecule has 0 saturated heterocycles. The predicted octanol–water partition coefficient (Wildman–Crippen LogP) is 1.19. The monoisotopic (exact) mass is 244 g/mol. The van der Waals surface area contributed by atoms with Gasteiger partial charge in [0.05, 0.1) is 12.2 Å². The van der Waals surface area contributed by atoms with Crippen LogP contribution in [-0.2, 0) is 4.79 Å².